The van der Waals surface area contributed by atoms with E-state index in [0.717, 1.165) is 42.9 Å². The van der Waals surface area contributed by atoms with Crippen LogP contribution in [-0.2, 0) is 16.6 Å². The van der Waals surface area contributed by atoms with Gasteiger partial charge in [0.2, 0.25) is 10.0 Å². The number of sulfonamides is 1. The molecule has 1 N–H and O–H groups in total. The van der Waals surface area contributed by atoms with Crippen molar-refractivity contribution in [2.24, 2.45) is 0 Å². The minimum atomic E-state index is -3.60. The molecule has 1 saturated carbocycles. The zero-order chi connectivity index (χ0) is 23.7. The number of benzene rings is 2. The molecular weight excluding hydrogens is 473 g/mol. The summed E-state index contributed by atoms with van der Waals surface area (Å²) in [6.45, 7) is 3.42. The molecule has 1 saturated heterocycles. The van der Waals surface area contributed by atoms with E-state index in [2.05, 4.69) is 15.7 Å². The summed E-state index contributed by atoms with van der Waals surface area (Å²) in [5, 5.41) is 0. The molecule has 0 unspecified atom stereocenters. The van der Waals surface area contributed by atoms with Crippen LogP contribution in [0.3, 0.4) is 0 Å². The number of thiophene rings is 1. The van der Waals surface area contributed by atoms with Gasteiger partial charge in [0.25, 0.3) is 5.91 Å². The lowest BCUT2D eigenvalue weighted by Gasteiger charge is -2.34. The van der Waals surface area contributed by atoms with Crippen LogP contribution in [0.4, 0.5) is 4.39 Å². The molecular formula is C25H26FN3O3S2. The molecule has 0 atom stereocenters. The number of hydrogen-bond acceptors (Lipinski definition) is 5. The summed E-state index contributed by atoms with van der Waals surface area (Å²) in [4.78, 5) is 19.5. The number of hydrogen-bond donors (Lipinski definition) is 1. The molecule has 1 aromatic heterocycles. The first-order chi connectivity index (χ1) is 16.4. The topological polar surface area (TPSA) is 69.7 Å². The number of piperazine rings is 1. The summed E-state index contributed by atoms with van der Waals surface area (Å²) in [5.74, 6) is -0.386. The number of carbonyl (C=O) groups is 1. The Morgan fingerprint density at radius 1 is 1.00 bits per heavy atom. The number of halogens is 1. The SMILES string of the molecule is O=C(c1cccc(S(=O)(=O)NC2CC2)c1)N1CCN(Cc2ccc(-c3cccc(F)c3)s2)CC1. The molecule has 1 amide bonds. The van der Waals surface area contributed by atoms with E-state index in [4.69, 9.17) is 0 Å². The average molecular weight is 500 g/mol. The van der Waals surface area contributed by atoms with Gasteiger partial charge in [0, 0.05) is 54.1 Å². The molecule has 2 fully saturated rings. The fourth-order valence-corrected chi connectivity index (χ4v) is 6.45. The van der Waals surface area contributed by atoms with Crippen molar-refractivity contribution >= 4 is 27.3 Å². The fourth-order valence-electron chi connectivity index (χ4n) is 4.06. The maximum Gasteiger partial charge on any atom is 0.253 e. The molecule has 1 aliphatic heterocycles. The van der Waals surface area contributed by atoms with E-state index in [0.29, 0.717) is 18.7 Å². The summed E-state index contributed by atoms with van der Waals surface area (Å²) in [7, 11) is -3.60. The highest BCUT2D eigenvalue weighted by Crippen LogP contribution is 2.29. The van der Waals surface area contributed by atoms with Gasteiger partial charge in [0.15, 0.2) is 0 Å². The Bertz CT molecular complexity index is 1300. The zero-order valence-electron chi connectivity index (χ0n) is 18.6. The number of nitrogens with zero attached hydrogens (tertiary/aromatic N) is 2. The van der Waals surface area contributed by atoms with E-state index in [1.165, 1.54) is 23.1 Å². The van der Waals surface area contributed by atoms with Crippen LogP contribution in [0.1, 0.15) is 28.1 Å². The molecule has 2 aromatic carbocycles. The van der Waals surface area contributed by atoms with Gasteiger partial charge in [-0.25, -0.2) is 17.5 Å². The summed E-state index contributed by atoms with van der Waals surface area (Å²) in [6, 6.07) is 17.0. The van der Waals surface area contributed by atoms with Gasteiger partial charge in [-0.1, -0.05) is 18.2 Å². The van der Waals surface area contributed by atoms with Crippen LogP contribution in [0.15, 0.2) is 65.6 Å². The van der Waals surface area contributed by atoms with Crippen molar-refractivity contribution in [3.05, 3.63) is 76.9 Å². The smallest absolute Gasteiger partial charge is 0.253 e. The Morgan fingerprint density at radius 3 is 2.50 bits per heavy atom. The first kappa shape index (κ1) is 23.2. The maximum atomic E-state index is 13.5. The number of carbonyl (C=O) groups excluding carboxylic acids is 1. The first-order valence-electron chi connectivity index (χ1n) is 11.4. The lowest BCUT2D eigenvalue weighted by Crippen LogP contribution is -2.48. The quantitative estimate of drug-likeness (QED) is 0.535. The van der Waals surface area contributed by atoms with Crippen LogP contribution in [0.5, 0.6) is 0 Å². The van der Waals surface area contributed by atoms with Gasteiger partial charge in [-0.3, -0.25) is 9.69 Å². The molecule has 0 spiro atoms. The Kier molecular flexibility index (Phi) is 6.52. The first-order valence-corrected chi connectivity index (χ1v) is 13.7. The zero-order valence-corrected chi connectivity index (χ0v) is 20.2. The minimum absolute atomic E-state index is 0.0192. The minimum Gasteiger partial charge on any atom is -0.336 e. The van der Waals surface area contributed by atoms with Crippen LogP contribution in [0, 0.1) is 5.82 Å². The number of rotatable bonds is 7. The van der Waals surface area contributed by atoms with Crippen LogP contribution in [0.25, 0.3) is 10.4 Å². The molecule has 5 rings (SSSR count). The van der Waals surface area contributed by atoms with Crippen molar-refractivity contribution in [1.82, 2.24) is 14.5 Å². The standard InChI is InChI=1S/C25H26FN3O3S2/c26-20-5-1-3-18(15-20)24-10-9-22(33-24)17-28-11-13-29(14-12-28)25(30)19-4-2-6-23(16-19)34(31,32)27-21-7-8-21/h1-6,9-10,15-16,21,27H,7-8,11-14,17H2. The summed E-state index contributed by atoms with van der Waals surface area (Å²) < 4.78 is 41.2. The fraction of sp³-hybridized carbons (Fsp3) is 0.320. The average Bonchev–Trinajstić information content (AvgIpc) is 3.52. The maximum absolute atomic E-state index is 13.5. The third kappa shape index (κ3) is 5.38. The lowest BCUT2D eigenvalue weighted by atomic mass is 10.2. The summed E-state index contributed by atoms with van der Waals surface area (Å²) >= 11 is 1.65. The Morgan fingerprint density at radius 2 is 1.76 bits per heavy atom. The lowest BCUT2D eigenvalue weighted by molar-refractivity contribution is 0.0629. The number of amides is 1. The van der Waals surface area contributed by atoms with Crippen molar-refractivity contribution in [2.75, 3.05) is 26.2 Å². The molecule has 0 bridgehead atoms. The third-order valence-electron chi connectivity index (χ3n) is 6.10. The van der Waals surface area contributed by atoms with Crippen LogP contribution in [0.2, 0.25) is 0 Å². The molecule has 2 aliphatic rings. The van der Waals surface area contributed by atoms with E-state index >= 15 is 0 Å². The van der Waals surface area contributed by atoms with Crippen LogP contribution >= 0.6 is 11.3 Å². The second-order valence-corrected chi connectivity index (χ2v) is 11.7. The van der Waals surface area contributed by atoms with E-state index in [1.807, 2.05) is 12.1 Å². The van der Waals surface area contributed by atoms with Gasteiger partial charge in [-0.15, -0.1) is 11.3 Å². The monoisotopic (exact) mass is 499 g/mol. The normalized spacial score (nSPS) is 17.1. The van der Waals surface area contributed by atoms with Crippen molar-refractivity contribution in [1.29, 1.82) is 0 Å². The Hall–Kier alpha value is -2.59. The van der Waals surface area contributed by atoms with Crippen molar-refractivity contribution in [3.8, 4) is 10.4 Å². The summed E-state index contributed by atoms with van der Waals surface area (Å²) in [5.41, 5.74) is 1.27. The highest BCUT2D eigenvalue weighted by molar-refractivity contribution is 7.89. The van der Waals surface area contributed by atoms with Gasteiger partial charge < -0.3 is 4.90 Å². The molecule has 2 heterocycles. The molecule has 0 radical (unpaired) electrons. The molecule has 9 heteroatoms. The second-order valence-electron chi connectivity index (χ2n) is 8.77. The molecule has 34 heavy (non-hydrogen) atoms. The van der Waals surface area contributed by atoms with Crippen molar-refractivity contribution < 1.29 is 17.6 Å². The predicted octanol–water partition coefficient (Wildman–Crippen LogP) is 3.95. The van der Waals surface area contributed by atoms with Gasteiger partial charge in [-0.2, -0.15) is 0 Å². The highest BCUT2D eigenvalue weighted by atomic mass is 32.2. The second kappa shape index (κ2) is 9.58. The van der Waals surface area contributed by atoms with Gasteiger partial charge in [0.1, 0.15) is 5.82 Å². The van der Waals surface area contributed by atoms with Crippen molar-refractivity contribution in [3.63, 3.8) is 0 Å². The van der Waals surface area contributed by atoms with Gasteiger partial charge >= 0.3 is 0 Å². The van der Waals surface area contributed by atoms with E-state index in [9.17, 15) is 17.6 Å². The number of nitrogens with one attached hydrogen (secondary N) is 1. The molecule has 3 aromatic rings. The van der Waals surface area contributed by atoms with Crippen LogP contribution in [-0.4, -0.2) is 56.3 Å². The Balaban J connectivity index is 1.18. The van der Waals surface area contributed by atoms with Gasteiger partial charge in [0.05, 0.1) is 4.90 Å². The highest BCUT2D eigenvalue weighted by Gasteiger charge is 2.29. The molecule has 1 aliphatic carbocycles. The van der Waals surface area contributed by atoms with Crippen molar-refractivity contribution in [2.45, 2.75) is 30.3 Å². The van der Waals surface area contributed by atoms with E-state index < -0.39 is 10.0 Å². The largest absolute Gasteiger partial charge is 0.336 e. The molecule has 6 nitrogen and oxygen atoms in total. The third-order valence-corrected chi connectivity index (χ3v) is 8.74. The molecule has 178 valence electrons. The van der Waals surface area contributed by atoms with E-state index in [1.54, 1.807) is 40.5 Å². The van der Waals surface area contributed by atoms with Gasteiger partial charge in [-0.05, 0) is 60.9 Å². The summed E-state index contributed by atoms with van der Waals surface area (Å²) in [6.07, 6.45) is 1.72. The Labute approximate surface area is 203 Å². The van der Waals surface area contributed by atoms with Crippen LogP contribution < -0.4 is 4.72 Å². The van der Waals surface area contributed by atoms with E-state index in [-0.39, 0.29) is 22.7 Å². The predicted molar refractivity (Wildman–Crippen MR) is 131 cm³/mol.